The Hall–Kier alpha value is -2.69. The zero-order chi connectivity index (χ0) is 11.6. The van der Waals surface area contributed by atoms with E-state index in [0.717, 1.165) is 0 Å². The van der Waals surface area contributed by atoms with Crippen molar-refractivity contribution in [3.05, 3.63) is 37.9 Å². The van der Waals surface area contributed by atoms with Crippen LogP contribution in [0.15, 0.2) is 12.1 Å². The van der Waals surface area contributed by atoms with Gasteiger partial charge in [0.2, 0.25) is 5.56 Å². The van der Waals surface area contributed by atoms with Gasteiger partial charge in [-0.15, -0.1) is 0 Å². The van der Waals surface area contributed by atoms with Crippen molar-refractivity contribution in [3.63, 3.8) is 0 Å². The van der Waals surface area contributed by atoms with Gasteiger partial charge in [-0.2, -0.15) is 5.26 Å². The van der Waals surface area contributed by atoms with Crippen LogP contribution in [0.25, 0.3) is 0 Å². The lowest BCUT2D eigenvalue weighted by atomic mass is 10.1. The molecule has 0 spiro atoms. The van der Waals surface area contributed by atoms with Crippen LogP contribution in [-0.2, 0) is 0 Å². The topological polar surface area (TPSA) is 130 Å². The summed E-state index contributed by atoms with van der Waals surface area (Å²) in [6.45, 7) is 0. The number of nitro groups is 2. The average Bonchev–Trinajstić information content (AvgIpc) is 2.16. The van der Waals surface area contributed by atoms with Gasteiger partial charge in [-0.05, 0) is 0 Å². The van der Waals surface area contributed by atoms with Gasteiger partial charge in [0, 0.05) is 0 Å². The third-order valence-corrected chi connectivity index (χ3v) is 1.59. The van der Waals surface area contributed by atoms with Gasteiger partial charge in [-0.1, -0.05) is 0 Å². The monoisotopic (exact) mass is 209 g/mol. The first-order valence-corrected chi connectivity index (χ1v) is 3.53. The Labute approximate surface area is 82.3 Å². The number of nitriles is 1. The molecular weight excluding hydrogens is 206 g/mol. The number of hydrogen-bond acceptors (Lipinski definition) is 6. The maximum Gasteiger partial charge on any atom is 0.297 e. The molecule has 0 aliphatic carbocycles. The van der Waals surface area contributed by atoms with E-state index >= 15 is 0 Å². The zero-order valence-electron chi connectivity index (χ0n) is 7.08. The molecule has 15 heavy (non-hydrogen) atoms. The molecule has 8 nitrogen and oxygen atoms in total. The highest BCUT2D eigenvalue weighted by atomic mass is 16.6. The second-order valence-corrected chi connectivity index (χ2v) is 2.49. The van der Waals surface area contributed by atoms with Gasteiger partial charge in [-0.25, -0.2) is 0 Å². The molecule has 0 aliphatic rings. The van der Waals surface area contributed by atoms with E-state index in [1.54, 1.807) is 0 Å². The molecule has 76 valence electrons. The number of nitro benzene ring substituents is 2. The molecule has 0 saturated carbocycles. The third kappa shape index (κ3) is 1.80. The lowest BCUT2D eigenvalue weighted by Crippen LogP contribution is -1.98. The summed E-state index contributed by atoms with van der Waals surface area (Å²) in [7, 11) is 0. The van der Waals surface area contributed by atoms with Crippen LogP contribution in [0.2, 0.25) is 0 Å². The van der Waals surface area contributed by atoms with E-state index in [-0.39, 0.29) is 0 Å². The van der Waals surface area contributed by atoms with Crippen LogP contribution in [0, 0.1) is 31.6 Å². The Kier molecular flexibility index (Phi) is 2.48. The first-order valence-electron chi connectivity index (χ1n) is 3.53. The normalized spacial score (nSPS) is 9.27. The summed E-state index contributed by atoms with van der Waals surface area (Å²) in [5.74, 6) is -0.632. The van der Waals surface area contributed by atoms with Crippen LogP contribution in [0.5, 0.6) is 5.75 Å². The molecule has 8 heteroatoms. The van der Waals surface area contributed by atoms with Crippen molar-refractivity contribution in [1.82, 2.24) is 0 Å². The summed E-state index contributed by atoms with van der Waals surface area (Å²) < 4.78 is 0. The van der Waals surface area contributed by atoms with E-state index in [4.69, 9.17) is 10.4 Å². The molecule has 0 amide bonds. The number of phenolic OH excluding ortho intramolecular Hbond substituents is 1. The van der Waals surface area contributed by atoms with E-state index in [1.165, 1.54) is 6.07 Å². The molecule has 0 aliphatic heterocycles. The largest absolute Gasteiger partial charge is 0.507 e. The predicted molar refractivity (Wildman–Crippen MR) is 46.1 cm³/mol. The minimum Gasteiger partial charge on any atom is -0.507 e. The van der Waals surface area contributed by atoms with Crippen LogP contribution in [0.4, 0.5) is 11.4 Å². The molecule has 0 bridgehead atoms. The lowest BCUT2D eigenvalue weighted by Gasteiger charge is -1.97. The number of benzene rings is 1. The van der Waals surface area contributed by atoms with Crippen LogP contribution < -0.4 is 0 Å². The summed E-state index contributed by atoms with van der Waals surface area (Å²) in [6, 6.07) is 2.73. The fraction of sp³-hybridized carbons (Fsp3) is 0. The van der Waals surface area contributed by atoms with Crippen molar-refractivity contribution in [2.45, 2.75) is 0 Å². The van der Waals surface area contributed by atoms with Gasteiger partial charge in [-0.3, -0.25) is 20.2 Å². The Bertz CT molecular complexity index is 455. The smallest absolute Gasteiger partial charge is 0.297 e. The highest BCUT2D eigenvalue weighted by Crippen LogP contribution is 2.32. The quantitative estimate of drug-likeness (QED) is 0.572. The fourth-order valence-electron chi connectivity index (χ4n) is 1.000. The maximum atomic E-state index is 10.4. The van der Waals surface area contributed by atoms with Crippen molar-refractivity contribution in [2.75, 3.05) is 0 Å². The molecule has 1 aromatic carbocycles. The molecular formula is C7H3N3O5. The van der Waals surface area contributed by atoms with Gasteiger partial charge < -0.3 is 5.11 Å². The van der Waals surface area contributed by atoms with E-state index in [9.17, 15) is 20.2 Å². The summed E-state index contributed by atoms with van der Waals surface area (Å²) in [4.78, 5) is 18.9. The Morgan fingerprint density at radius 3 is 1.87 bits per heavy atom. The predicted octanol–water partition coefficient (Wildman–Crippen LogP) is 1.08. The fourth-order valence-corrected chi connectivity index (χ4v) is 1.000. The van der Waals surface area contributed by atoms with Crippen molar-refractivity contribution in [2.24, 2.45) is 0 Å². The molecule has 0 atom stereocenters. The molecule has 0 radical (unpaired) electrons. The molecule has 1 rings (SSSR count). The first-order chi connectivity index (χ1) is 6.97. The maximum absolute atomic E-state index is 10.4. The molecule has 0 aromatic heterocycles. The highest BCUT2D eigenvalue weighted by molar-refractivity contribution is 5.63. The second-order valence-electron chi connectivity index (χ2n) is 2.49. The lowest BCUT2D eigenvalue weighted by molar-refractivity contribution is -0.394. The van der Waals surface area contributed by atoms with E-state index in [2.05, 4.69) is 0 Å². The van der Waals surface area contributed by atoms with Crippen LogP contribution >= 0.6 is 0 Å². The van der Waals surface area contributed by atoms with Crippen LogP contribution in [0.3, 0.4) is 0 Å². The van der Waals surface area contributed by atoms with E-state index in [0.29, 0.717) is 12.1 Å². The van der Waals surface area contributed by atoms with Crippen molar-refractivity contribution < 1.29 is 15.0 Å². The average molecular weight is 209 g/mol. The molecule has 1 aromatic rings. The molecule has 0 heterocycles. The second kappa shape index (κ2) is 3.59. The van der Waals surface area contributed by atoms with Gasteiger partial charge >= 0.3 is 0 Å². The summed E-state index contributed by atoms with van der Waals surface area (Å²) in [5, 5.41) is 38.4. The zero-order valence-corrected chi connectivity index (χ0v) is 7.08. The van der Waals surface area contributed by atoms with Gasteiger partial charge in [0.15, 0.2) is 0 Å². The van der Waals surface area contributed by atoms with Crippen molar-refractivity contribution >= 4 is 11.4 Å². The Morgan fingerprint density at radius 1 is 1.20 bits per heavy atom. The molecule has 0 fully saturated rings. The van der Waals surface area contributed by atoms with Crippen molar-refractivity contribution in [1.29, 1.82) is 5.26 Å². The Morgan fingerprint density at radius 2 is 1.60 bits per heavy atom. The van der Waals surface area contributed by atoms with Crippen molar-refractivity contribution in [3.8, 4) is 11.8 Å². The minimum absolute atomic E-state index is 0.632. The van der Waals surface area contributed by atoms with E-state index < -0.39 is 32.5 Å². The van der Waals surface area contributed by atoms with E-state index in [1.807, 2.05) is 0 Å². The van der Waals surface area contributed by atoms with Gasteiger partial charge in [0.1, 0.15) is 11.8 Å². The third-order valence-electron chi connectivity index (χ3n) is 1.59. The standard InChI is InChI=1S/C7H3N3O5/c8-3-5-6(9(12)13)1-4(11)2-7(5)10(14)15/h1-2,11H. The number of phenols is 1. The number of rotatable bonds is 2. The molecule has 1 N–H and O–H groups in total. The van der Waals surface area contributed by atoms with Crippen LogP contribution in [-0.4, -0.2) is 15.0 Å². The minimum atomic E-state index is -0.967. The van der Waals surface area contributed by atoms with Gasteiger partial charge in [0.25, 0.3) is 11.4 Å². The molecule has 0 saturated heterocycles. The first kappa shape index (κ1) is 10.4. The molecule has 0 unspecified atom stereocenters. The Balaban J connectivity index is 3.62. The highest BCUT2D eigenvalue weighted by Gasteiger charge is 2.26. The van der Waals surface area contributed by atoms with Crippen LogP contribution in [0.1, 0.15) is 5.56 Å². The number of aromatic hydroxyl groups is 1. The van der Waals surface area contributed by atoms with Gasteiger partial charge in [0.05, 0.1) is 22.0 Å². The number of nitrogens with zero attached hydrogens (tertiary/aromatic N) is 3. The summed E-state index contributed by atoms with van der Waals surface area (Å²) in [5.41, 5.74) is -2.25. The number of hydrogen-bond donors (Lipinski definition) is 1. The summed E-state index contributed by atoms with van der Waals surface area (Å²) in [6.07, 6.45) is 0. The summed E-state index contributed by atoms with van der Waals surface area (Å²) >= 11 is 0. The SMILES string of the molecule is N#Cc1c([N+](=O)[O-])cc(O)cc1[N+](=O)[O-].